The molecule has 0 atom stereocenters. The third kappa shape index (κ3) is 5.73. The van der Waals surface area contributed by atoms with Crippen LogP contribution in [0.15, 0.2) is 25.6 Å². The Kier molecular flexibility index (Phi) is 7.07. The maximum Gasteiger partial charge on any atom is 0.147 e. The van der Waals surface area contributed by atoms with E-state index >= 15 is 0 Å². The van der Waals surface area contributed by atoms with Crippen LogP contribution in [0.5, 0.6) is 5.75 Å². The van der Waals surface area contributed by atoms with E-state index in [0.29, 0.717) is 12.5 Å². The Labute approximate surface area is 128 Å². The maximum absolute atomic E-state index is 5.73. The fraction of sp³-hybridized carbons (Fsp3) is 0.500. The SMILES string of the molecule is CC(C)CNCCOc1c(Br)cc(Br)cc1Br. The second kappa shape index (κ2) is 7.77. The Morgan fingerprint density at radius 2 is 1.76 bits per heavy atom. The van der Waals surface area contributed by atoms with Gasteiger partial charge in [0.15, 0.2) is 0 Å². The van der Waals surface area contributed by atoms with Crippen LogP contribution in [0.25, 0.3) is 0 Å². The van der Waals surface area contributed by atoms with E-state index in [-0.39, 0.29) is 0 Å². The van der Waals surface area contributed by atoms with E-state index in [1.54, 1.807) is 0 Å². The number of rotatable bonds is 6. The zero-order valence-corrected chi connectivity index (χ0v) is 14.7. The molecular formula is C12H16Br3NO. The first-order valence-electron chi connectivity index (χ1n) is 5.48. The van der Waals surface area contributed by atoms with E-state index < -0.39 is 0 Å². The van der Waals surface area contributed by atoms with Crippen LogP contribution in [-0.2, 0) is 0 Å². The van der Waals surface area contributed by atoms with Gasteiger partial charge in [-0.25, -0.2) is 0 Å². The van der Waals surface area contributed by atoms with Gasteiger partial charge in [-0.15, -0.1) is 0 Å². The molecular weight excluding hydrogens is 414 g/mol. The van der Waals surface area contributed by atoms with Gasteiger partial charge in [0.25, 0.3) is 0 Å². The molecule has 0 fully saturated rings. The van der Waals surface area contributed by atoms with Gasteiger partial charge in [-0.05, 0) is 56.5 Å². The largest absolute Gasteiger partial charge is 0.490 e. The minimum Gasteiger partial charge on any atom is -0.490 e. The average Bonchev–Trinajstić information content (AvgIpc) is 2.20. The molecule has 0 bridgehead atoms. The summed E-state index contributed by atoms with van der Waals surface area (Å²) < 4.78 is 8.64. The molecule has 0 radical (unpaired) electrons. The van der Waals surface area contributed by atoms with Crippen LogP contribution >= 0.6 is 47.8 Å². The highest BCUT2D eigenvalue weighted by atomic mass is 79.9. The molecule has 1 aromatic rings. The first kappa shape index (κ1) is 15.5. The van der Waals surface area contributed by atoms with Crippen molar-refractivity contribution in [1.82, 2.24) is 5.32 Å². The highest BCUT2D eigenvalue weighted by molar-refractivity contribution is 9.11. The van der Waals surface area contributed by atoms with Crippen molar-refractivity contribution in [2.24, 2.45) is 5.92 Å². The van der Waals surface area contributed by atoms with Crippen molar-refractivity contribution >= 4 is 47.8 Å². The summed E-state index contributed by atoms with van der Waals surface area (Å²) >= 11 is 10.4. The lowest BCUT2D eigenvalue weighted by Gasteiger charge is -2.12. The molecule has 0 aromatic heterocycles. The molecule has 0 spiro atoms. The van der Waals surface area contributed by atoms with Crippen LogP contribution in [0.4, 0.5) is 0 Å². The third-order valence-electron chi connectivity index (χ3n) is 2.04. The van der Waals surface area contributed by atoms with Gasteiger partial charge in [0.05, 0.1) is 8.95 Å². The second-order valence-corrected chi connectivity index (χ2v) is 6.77. The quantitative estimate of drug-likeness (QED) is 0.667. The Bertz CT molecular complexity index is 346. The summed E-state index contributed by atoms with van der Waals surface area (Å²) in [4.78, 5) is 0. The predicted molar refractivity (Wildman–Crippen MR) is 82.7 cm³/mol. The normalized spacial score (nSPS) is 10.9. The standard InChI is InChI=1S/C12H16Br3NO/c1-8(2)7-16-3-4-17-12-10(14)5-9(13)6-11(12)15/h5-6,8,16H,3-4,7H2,1-2H3. The molecule has 0 heterocycles. The van der Waals surface area contributed by atoms with Crippen molar-refractivity contribution in [3.63, 3.8) is 0 Å². The topological polar surface area (TPSA) is 21.3 Å². The van der Waals surface area contributed by atoms with E-state index in [9.17, 15) is 0 Å². The molecule has 0 unspecified atom stereocenters. The van der Waals surface area contributed by atoms with Gasteiger partial charge >= 0.3 is 0 Å². The number of nitrogens with one attached hydrogen (secondary N) is 1. The lowest BCUT2D eigenvalue weighted by Crippen LogP contribution is -2.25. The molecule has 0 amide bonds. The van der Waals surface area contributed by atoms with Gasteiger partial charge in [-0.3, -0.25) is 0 Å². The molecule has 0 aliphatic rings. The van der Waals surface area contributed by atoms with Crippen LogP contribution in [0.3, 0.4) is 0 Å². The summed E-state index contributed by atoms with van der Waals surface area (Å²) in [7, 11) is 0. The highest BCUT2D eigenvalue weighted by Gasteiger charge is 2.07. The fourth-order valence-electron chi connectivity index (χ4n) is 1.28. The van der Waals surface area contributed by atoms with Crippen LogP contribution in [-0.4, -0.2) is 19.7 Å². The van der Waals surface area contributed by atoms with Crippen LogP contribution in [0.2, 0.25) is 0 Å². The Morgan fingerprint density at radius 1 is 1.18 bits per heavy atom. The summed E-state index contributed by atoms with van der Waals surface area (Å²) in [5.74, 6) is 1.51. The average molecular weight is 430 g/mol. The summed E-state index contributed by atoms with van der Waals surface area (Å²) in [5.41, 5.74) is 0. The van der Waals surface area contributed by atoms with Gasteiger partial charge < -0.3 is 10.1 Å². The zero-order chi connectivity index (χ0) is 12.8. The van der Waals surface area contributed by atoms with E-state index in [1.165, 1.54) is 0 Å². The van der Waals surface area contributed by atoms with E-state index in [2.05, 4.69) is 67.0 Å². The lowest BCUT2D eigenvalue weighted by atomic mass is 10.2. The van der Waals surface area contributed by atoms with Gasteiger partial charge in [0, 0.05) is 11.0 Å². The van der Waals surface area contributed by atoms with E-state index in [4.69, 9.17) is 4.74 Å². The van der Waals surface area contributed by atoms with Crippen molar-refractivity contribution in [1.29, 1.82) is 0 Å². The molecule has 0 saturated carbocycles. The first-order chi connectivity index (χ1) is 8.00. The number of benzene rings is 1. The van der Waals surface area contributed by atoms with Gasteiger partial charge in [0.1, 0.15) is 12.4 Å². The zero-order valence-electron chi connectivity index (χ0n) is 9.90. The Morgan fingerprint density at radius 3 is 2.29 bits per heavy atom. The molecule has 1 rings (SSSR count). The van der Waals surface area contributed by atoms with E-state index in [0.717, 1.165) is 32.3 Å². The van der Waals surface area contributed by atoms with Gasteiger partial charge in [0.2, 0.25) is 0 Å². The van der Waals surface area contributed by atoms with Crippen LogP contribution in [0.1, 0.15) is 13.8 Å². The Hall–Kier alpha value is 0.420. The number of hydrogen-bond acceptors (Lipinski definition) is 2. The highest BCUT2D eigenvalue weighted by Crippen LogP contribution is 2.36. The molecule has 1 aromatic carbocycles. The Balaban J connectivity index is 2.42. The molecule has 0 aliphatic heterocycles. The van der Waals surface area contributed by atoms with Crippen molar-refractivity contribution in [3.8, 4) is 5.75 Å². The molecule has 0 aliphatic carbocycles. The minimum absolute atomic E-state index is 0.658. The van der Waals surface area contributed by atoms with Crippen molar-refractivity contribution in [2.75, 3.05) is 19.7 Å². The summed E-state index contributed by atoms with van der Waals surface area (Å²) in [6, 6.07) is 3.95. The van der Waals surface area contributed by atoms with Crippen LogP contribution in [0, 0.1) is 5.92 Å². The number of halogens is 3. The lowest BCUT2D eigenvalue weighted by molar-refractivity contribution is 0.307. The van der Waals surface area contributed by atoms with Gasteiger partial charge in [-0.2, -0.15) is 0 Å². The smallest absolute Gasteiger partial charge is 0.147 e. The summed E-state index contributed by atoms with van der Waals surface area (Å²) in [6.45, 7) is 6.91. The molecule has 0 saturated heterocycles. The second-order valence-electron chi connectivity index (χ2n) is 4.14. The van der Waals surface area contributed by atoms with Crippen molar-refractivity contribution in [2.45, 2.75) is 13.8 Å². The third-order valence-corrected chi connectivity index (χ3v) is 3.68. The van der Waals surface area contributed by atoms with E-state index in [1.807, 2.05) is 12.1 Å². The molecule has 2 nitrogen and oxygen atoms in total. The van der Waals surface area contributed by atoms with Crippen molar-refractivity contribution < 1.29 is 4.74 Å². The summed E-state index contributed by atoms with van der Waals surface area (Å²) in [5, 5.41) is 3.34. The maximum atomic E-state index is 5.73. The number of hydrogen-bond donors (Lipinski definition) is 1. The molecule has 96 valence electrons. The monoisotopic (exact) mass is 427 g/mol. The molecule has 5 heteroatoms. The van der Waals surface area contributed by atoms with Gasteiger partial charge in [-0.1, -0.05) is 29.8 Å². The van der Waals surface area contributed by atoms with Crippen molar-refractivity contribution in [3.05, 3.63) is 25.6 Å². The minimum atomic E-state index is 0.658. The molecule has 17 heavy (non-hydrogen) atoms. The van der Waals surface area contributed by atoms with Crippen LogP contribution < -0.4 is 10.1 Å². The molecule has 1 N–H and O–H groups in total. The number of ether oxygens (including phenoxy) is 1. The fourth-order valence-corrected chi connectivity index (χ4v) is 3.77. The predicted octanol–water partition coefficient (Wildman–Crippen LogP) is 4.60. The summed E-state index contributed by atoms with van der Waals surface area (Å²) in [6.07, 6.45) is 0. The first-order valence-corrected chi connectivity index (χ1v) is 7.86.